The SMILES string of the molecule is CN(C)C1(c2ccccc2)CCN(C(=O)[C@@H]2CNC[C@H]2Cc2ccccc2)CC1. The van der Waals surface area contributed by atoms with Crippen LogP contribution in [0, 0.1) is 11.8 Å². The van der Waals surface area contributed by atoms with Crippen molar-refractivity contribution in [1.82, 2.24) is 15.1 Å². The van der Waals surface area contributed by atoms with Crippen molar-refractivity contribution in [2.24, 2.45) is 11.8 Å². The third-order valence-corrected chi connectivity index (χ3v) is 7.07. The fourth-order valence-electron chi connectivity index (χ4n) is 5.23. The normalized spacial score (nSPS) is 24.0. The maximum absolute atomic E-state index is 13.4. The molecule has 0 saturated carbocycles. The number of hydrogen-bond acceptors (Lipinski definition) is 3. The van der Waals surface area contributed by atoms with Gasteiger partial charge in [0.25, 0.3) is 0 Å². The van der Waals surface area contributed by atoms with Gasteiger partial charge < -0.3 is 10.2 Å². The van der Waals surface area contributed by atoms with E-state index in [2.05, 4.69) is 89.9 Å². The Balaban J connectivity index is 1.43. The molecule has 2 aromatic rings. The Morgan fingerprint density at radius 3 is 2.24 bits per heavy atom. The van der Waals surface area contributed by atoms with Crippen molar-refractivity contribution in [3.05, 3.63) is 71.8 Å². The summed E-state index contributed by atoms with van der Waals surface area (Å²) in [5, 5.41) is 3.47. The third-order valence-electron chi connectivity index (χ3n) is 7.07. The number of rotatable bonds is 5. The molecule has 4 rings (SSSR count). The van der Waals surface area contributed by atoms with Gasteiger partial charge in [0, 0.05) is 25.2 Å². The summed E-state index contributed by atoms with van der Waals surface area (Å²) in [5.74, 6) is 0.828. The molecule has 0 bridgehead atoms. The molecule has 29 heavy (non-hydrogen) atoms. The molecule has 2 saturated heterocycles. The highest BCUT2D eigenvalue weighted by atomic mass is 16.2. The maximum Gasteiger partial charge on any atom is 0.227 e. The van der Waals surface area contributed by atoms with E-state index >= 15 is 0 Å². The Hall–Kier alpha value is -2.17. The number of amides is 1. The van der Waals surface area contributed by atoms with E-state index in [0.717, 1.165) is 45.4 Å². The predicted octanol–water partition coefficient (Wildman–Crippen LogP) is 3.14. The van der Waals surface area contributed by atoms with Gasteiger partial charge in [0.1, 0.15) is 0 Å². The van der Waals surface area contributed by atoms with Gasteiger partial charge in [0.2, 0.25) is 5.91 Å². The van der Waals surface area contributed by atoms with E-state index in [1.807, 2.05) is 0 Å². The molecule has 2 aliphatic rings. The summed E-state index contributed by atoms with van der Waals surface area (Å²) in [6.07, 6.45) is 2.95. The summed E-state index contributed by atoms with van der Waals surface area (Å²) in [4.78, 5) is 17.9. The molecule has 2 aromatic carbocycles. The second-order valence-corrected chi connectivity index (χ2v) is 8.83. The maximum atomic E-state index is 13.4. The smallest absolute Gasteiger partial charge is 0.227 e. The summed E-state index contributed by atoms with van der Waals surface area (Å²) in [6.45, 7) is 3.41. The summed E-state index contributed by atoms with van der Waals surface area (Å²) in [5.41, 5.74) is 2.71. The molecule has 154 valence electrons. The Morgan fingerprint density at radius 1 is 1.00 bits per heavy atom. The van der Waals surface area contributed by atoms with Crippen molar-refractivity contribution >= 4 is 5.91 Å². The minimum atomic E-state index is 0.0232. The first-order valence-electron chi connectivity index (χ1n) is 10.9. The Labute approximate surface area is 174 Å². The second kappa shape index (κ2) is 8.68. The van der Waals surface area contributed by atoms with E-state index in [0.29, 0.717) is 11.8 Å². The number of nitrogens with zero attached hydrogens (tertiary/aromatic N) is 2. The van der Waals surface area contributed by atoms with E-state index in [4.69, 9.17) is 0 Å². The van der Waals surface area contributed by atoms with Crippen molar-refractivity contribution in [3.63, 3.8) is 0 Å². The summed E-state index contributed by atoms with van der Waals surface area (Å²) >= 11 is 0. The van der Waals surface area contributed by atoms with Crippen molar-refractivity contribution in [2.45, 2.75) is 24.8 Å². The zero-order chi connectivity index (χ0) is 20.3. The second-order valence-electron chi connectivity index (χ2n) is 8.83. The molecule has 0 unspecified atom stereocenters. The van der Waals surface area contributed by atoms with Gasteiger partial charge in [-0.2, -0.15) is 0 Å². The molecular weight excluding hydrogens is 358 g/mol. The number of piperidine rings is 1. The highest BCUT2D eigenvalue weighted by molar-refractivity contribution is 5.80. The summed E-state index contributed by atoms with van der Waals surface area (Å²) in [7, 11) is 4.34. The Kier molecular flexibility index (Phi) is 6.02. The first kappa shape index (κ1) is 20.1. The molecule has 0 aromatic heterocycles. The number of likely N-dealkylation sites (tertiary alicyclic amines) is 1. The van der Waals surface area contributed by atoms with Crippen LogP contribution in [0.15, 0.2) is 60.7 Å². The van der Waals surface area contributed by atoms with Gasteiger partial charge in [0.15, 0.2) is 0 Å². The Bertz CT molecular complexity index is 797. The van der Waals surface area contributed by atoms with Crippen LogP contribution in [0.4, 0.5) is 0 Å². The molecule has 2 aliphatic heterocycles. The van der Waals surface area contributed by atoms with Crippen LogP contribution in [-0.4, -0.2) is 56.0 Å². The minimum absolute atomic E-state index is 0.0232. The van der Waals surface area contributed by atoms with E-state index in [1.165, 1.54) is 11.1 Å². The topological polar surface area (TPSA) is 35.6 Å². The molecule has 0 aliphatic carbocycles. The Morgan fingerprint density at radius 2 is 1.62 bits per heavy atom. The molecule has 1 amide bonds. The standard InChI is InChI=1S/C25H33N3O/c1-27(2)25(22-11-7-4-8-12-22)13-15-28(16-14-25)24(29)23-19-26-18-21(23)17-20-9-5-3-6-10-20/h3-12,21,23,26H,13-19H2,1-2H3/t21-,23-/m1/s1. The lowest BCUT2D eigenvalue weighted by molar-refractivity contribution is -0.138. The van der Waals surface area contributed by atoms with Crippen molar-refractivity contribution in [1.29, 1.82) is 0 Å². The van der Waals surface area contributed by atoms with E-state index < -0.39 is 0 Å². The molecule has 2 fully saturated rings. The largest absolute Gasteiger partial charge is 0.342 e. The van der Waals surface area contributed by atoms with Crippen molar-refractivity contribution in [2.75, 3.05) is 40.3 Å². The third kappa shape index (κ3) is 4.10. The average molecular weight is 392 g/mol. The molecule has 0 radical (unpaired) electrons. The van der Waals surface area contributed by atoms with Gasteiger partial charge in [-0.3, -0.25) is 9.69 Å². The molecule has 1 N–H and O–H groups in total. The summed E-state index contributed by atoms with van der Waals surface area (Å²) < 4.78 is 0. The fourth-order valence-corrected chi connectivity index (χ4v) is 5.23. The van der Waals surface area contributed by atoms with Crippen LogP contribution in [0.5, 0.6) is 0 Å². The minimum Gasteiger partial charge on any atom is -0.342 e. The summed E-state index contributed by atoms with van der Waals surface area (Å²) in [6, 6.07) is 21.3. The molecule has 2 heterocycles. The van der Waals surface area contributed by atoms with Gasteiger partial charge in [0.05, 0.1) is 5.92 Å². The van der Waals surface area contributed by atoms with Gasteiger partial charge in [-0.15, -0.1) is 0 Å². The lowest BCUT2D eigenvalue weighted by Crippen LogP contribution is -2.53. The molecule has 4 heteroatoms. The highest BCUT2D eigenvalue weighted by Crippen LogP contribution is 2.38. The number of carbonyl (C=O) groups is 1. The van der Waals surface area contributed by atoms with Gasteiger partial charge >= 0.3 is 0 Å². The monoisotopic (exact) mass is 391 g/mol. The van der Waals surface area contributed by atoms with E-state index in [-0.39, 0.29) is 11.5 Å². The fraction of sp³-hybridized carbons (Fsp3) is 0.480. The number of hydrogen-bond donors (Lipinski definition) is 1. The van der Waals surface area contributed by atoms with E-state index in [9.17, 15) is 4.79 Å². The molecular formula is C25H33N3O. The first-order chi connectivity index (χ1) is 14.1. The van der Waals surface area contributed by atoms with Gasteiger partial charge in [-0.1, -0.05) is 60.7 Å². The van der Waals surface area contributed by atoms with Crippen LogP contribution < -0.4 is 5.32 Å². The molecule has 0 spiro atoms. The average Bonchev–Trinajstić information content (AvgIpc) is 3.22. The first-order valence-corrected chi connectivity index (χ1v) is 10.9. The molecule has 2 atom stereocenters. The number of benzene rings is 2. The van der Waals surface area contributed by atoms with Crippen LogP contribution in [0.3, 0.4) is 0 Å². The number of carbonyl (C=O) groups excluding carboxylic acids is 1. The van der Waals surface area contributed by atoms with Gasteiger partial charge in [-0.05, 0) is 56.9 Å². The predicted molar refractivity (Wildman–Crippen MR) is 118 cm³/mol. The van der Waals surface area contributed by atoms with Crippen LogP contribution >= 0.6 is 0 Å². The van der Waals surface area contributed by atoms with Gasteiger partial charge in [-0.25, -0.2) is 0 Å². The zero-order valence-corrected chi connectivity index (χ0v) is 17.7. The highest BCUT2D eigenvalue weighted by Gasteiger charge is 2.42. The lowest BCUT2D eigenvalue weighted by atomic mass is 9.79. The lowest BCUT2D eigenvalue weighted by Gasteiger charge is -2.47. The number of nitrogens with one attached hydrogen (secondary N) is 1. The van der Waals surface area contributed by atoms with Crippen molar-refractivity contribution < 1.29 is 4.79 Å². The van der Waals surface area contributed by atoms with Crippen LogP contribution in [-0.2, 0) is 16.8 Å². The van der Waals surface area contributed by atoms with Crippen LogP contribution in [0.1, 0.15) is 24.0 Å². The molecule has 4 nitrogen and oxygen atoms in total. The van der Waals surface area contributed by atoms with Crippen LogP contribution in [0.25, 0.3) is 0 Å². The quantitative estimate of drug-likeness (QED) is 0.851. The van der Waals surface area contributed by atoms with Crippen LogP contribution in [0.2, 0.25) is 0 Å². The van der Waals surface area contributed by atoms with Crippen molar-refractivity contribution in [3.8, 4) is 0 Å². The zero-order valence-electron chi connectivity index (χ0n) is 17.7. The van der Waals surface area contributed by atoms with E-state index in [1.54, 1.807) is 0 Å².